The molecule has 2 rings (SSSR count). The van der Waals surface area contributed by atoms with Gasteiger partial charge in [-0.05, 0) is 64.2 Å². The van der Waals surface area contributed by atoms with E-state index >= 15 is 0 Å². The van der Waals surface area contributed by atoms with Crippen molar-refractivity contribution in [3.8, 4) is 0 Å². The second-order valence-electron chi connectivity index (χ2n) is 4.70. The van der Waals surface area contributed by atoms with E-state index in [9.17, 15) is 4.39 Å². The number of benzene rings is 2. The Hall–Kier alpha value is -0.750. The Kier molecular flexibility index (Phi) is 5.32. The van der Waals surface area contributed by atoms with Crippen molar-refractivity contribution in [3.05, 3.63) is 67.9 Å². The number of hydrogen-bond acceptors (Lipinski definition) is 2. The van der Waals surface area contributed by atoms with Crippen molar-refractivity contribution < 1.29 is 4.39 Å². The molecule has 0 bridgehead atoms. The zero-order chi connectivity index (χ0) is 14.7. The van der Waals surface area contributed by atoms with Gasteiger partial charge in [-0.1, -0.05) is 34.1 Å². The highest BCUT2D eigenvalue weighted by Crippen LogP contribution is 2.27. The highest BCUT2D eigenvalue weighted by molar-refractivity contribution is 9.10. The van der Waals surface area contributed by atoms with Crippen LogP contribution in [0.4, 0.5) is 4.39 Å². The summed E-state index contributed by atoms with van der Waals surface area (Å²) in [6.07, 6.45) is 0.602. The zero-order valence-electron chi connectivity index (χ0n) is 11.0. The quantitative estimate of drug-likeness (QED) is 0.588. The molecule has 2 nitrogen and oxygen atoms in total. The molecule has 3 N–H and O–H groups in total. The average molecular weight is 402 g/mol. The van der Waals surface area contributed by atoms with Crippen LogP contribution in [0.25, 0.3) is 0 Å². The smallest absolute Gasteiger partial charge is 0.137 e. The van der Waals surface area contributed by atoms with Crippen LogP contribution >= 0.6 is 31.9 Å². The highest BCUT2D eigenvalue weighted by Gasteiger charge is 2.14. The van der Waals surface area contributed by atoms with Gasteiger partial charge in [0.1, 0.15) is 5.82 Å². The standard InChI is InChI=1S/C15H15Br2FN2/c1-9-5-11(7-12(16)6-9)14(20-19)8-10-3-2-4-13(18)15(10)17/h2-7,14,20H,8,19H2,1H3. The van der Waals surface area contributed by atoms with Gasteiger partial charge < -0.3 is 0 Å². The first kappa shape index (κ1) is 15.6. The molecule has 1 atom stereocenters. The molecule has 20 heavy (non-hydrogen) atoms. The summed E-state index contributed by atoms with van der Waals surface area (Å²) >= 11 is 6.77. The molecule has 0 radical (unpaired) electrons. The third-order valence-electron chi connectivity index (χ3n) is 3.12. The summed E-state index contributed by atoms with van der Waals surface area (Å²) < 4.78 is 15.1. The first-order valence-electron chi connectivity index (χ1n) is 6.17. The fourth-order valence-corrected chi connectivity index (χ4v) is 3.22. The number of hydrogen-bond donors (Lipinski definition) is 2. The molecule has 2 aromatic rings. The summed E-state index contributed by atoms with van der Waals surface area (Å²) in [5.74, 6) is 5.41. The van der Waals surface area contributed by atoms with E-state index in [0.717, 1.165) is 21.2 Å². The zero-order valence-corrected chi connectivity index (χ0v) is 14.1. The molecule has 0 heterocycles. The number of aryl methyl sites for hydroxylation is 1. The van der Waals surface area contributed by atoms with E-state index < -0.39 is 0 Å². The van der Waals surface area contributed by atoms with Gasteiger partial charge in [-0.15, -0.1) is 0 Å². The minimum absolute atomic E-state index is 0.0794. The van der Waals surface area contributed by atoms with Gasteiger partial charge in [-0.3, -0.25) is 11.3 Å². The molecular weight excluding hydrogens is 387 g/mol. The fraction of sp³-hybridized carbons (Fsp3) is 0.200. The Morgan fingerprint density at radius 3 is 2.65 bits per heavy atom. The fourth-order valence-electron chi connectivity index (χ4n) is 2.16. The first-order chi connectivity index (χ1) is 9.51. The topological polar surface area (TPSA) is 38.0 Å². The number of nitrogens with two attached hydrogens (primary N) is 1. The van der Waals surface area contributed by atoms with Gasteiger partial charge in [0.2, 0.25) is 0 Å². The van der Waals surface area contributed by atoms with E-state index in [0.29, 0.717) is 10.9 Å². The van der Waals surface area contributed by atoms with Crippen LogP contribution in [0, 0.1) is 12.7 Å². The maximum absolute atomic E-state index is 13.6. The van der Waals surface area contributed by atoms with E-state index in [-0.39, 0.29) is 11.9 Å². The lowest BCUT2D eigenvalue weighted by atomic mass is 9.98. The molecule has 0 aliphatic heterocycles. The summed E-state index contributed by atoms with van der Waals surface area (Å²) in [5, 5.41) is 0. The normalized spacial score (nSPS) is 12.4. The van der Waals surface area contributed by atoms with E-state index in [1.165, 1.54) is 6.07 Å². The van der Waals surface area contributed by atoms with Gasteiger partial charge in [0.15, 0.2) is 0 Å². The molecule has 5 heteroatoms. The third kappa shape index (κ3) is 3.67. The Bertz CT molecular complexity index is 597. The van der Waals surface area contributed by atoms with Crippen molar-refractivity contribution in [2.45, 2.75) is 19.4 Å². The first-order valence-corrected chi connectivity index (χ1v) is 7.76. The maximum Gasteiger partial charge on any atom is 0.137 e. The predicted octanol–water partition coefficient (Wildman–Crippen LogP) is 4.41. The van der Waals surface area contributed by atoms with Crippen LogP contribution in [0.1, 0.15) is 22.7 Å². The minimum atomic E-state index is -0.260. The lowest BCUT2D eigenvalue weighted by Crippen LogP contribution is -2.29. The van der Waals surface area contributed by atoms with Gasteiger partial charge in [0.25, 0.3) is 0 Å². The molecule has 0 amide bonds. The van der Waals surface area contributed by atoms with Gasteiger partial charge in [0, 0.05) is 4.47 Å². The van der Waals surface area contributed by atoms with Crippen molar-refractivity contribution in [3.63, 3.8) is 0 Å². The SMILES string of the molecule is Cc1cc(Br)cc(C(Cc2cccc(F)c2Br)NN)c1. The van der Waals surface area contributed by atoms with Crippen LogP contribution < -0.4 is 11.3 Å². The second-order valence-corrected chi connectivity index (χ2v) is 6.41. The number of rotatable bonds is 4. The summed E-state index contributed by atoms with van der Waals surface area (Å²) in [6.45, 7) is 2.03. The van der Waals surface area contributed by atoms with Crippen molar-refractivity contribution in [2.75, 3.05) is 0 Å². The largest absolute Gasteiger partial charge is 0.271 e. The molecule has 0 saturated heterocycles. The van der Waals surface area contributed by atoms with E-state index in [2.05, 4.69) is 43.4 Å². The summed E-state index contributed by atoms with van der Waals surface area (Å²) in [7, 11) is 0. The monoisotopic (exact) mass is 400 g/mol. The highest BCUT2D eigenvalue weighted by atomic mass is 79.9. The molecule has 106 valence electrons. The molecule has 0 aromatic heterocycles. The Morgan fingerprint density at radius 2 is 2.00 bits per heavy atom. The lowest BCUT2D eigenvalue weighted by Gasteiger charge is -2.18. The van der Waals surface area contributed by atoms with Crippen LogP contribution in [-0.2, 0) is 6.42 Å². The minimum Gasteiger partial charge on any atom is -0.271 e. The van der Waals surface area contributed by atoms with Crippen LogP contribution in [0.2, 0.25) is 0 Å². The van der Waals surface area contributed by atoms with Gasteiger partial charge >= 0.3 is 0 Å². The molecular formula is C15H15Br2FN2. The molecule has 0 aliphatic carbocycles. The summed E-state index contributed by atoms with van der Waals surface area (Å²) in [4.78, 5) is 0. The Labute approximate surface area is 134 Å². The van der Waals surface area contributed by atoms with E-state index in [1.807, 2.05) is 25.1 Å². The van der Waals surface area contributed by atoms with Crippen molar-refractivity contribution >= 4 is 31.9 Å². The van der Waals surface area contributed by atoms with E-state index in [1.54, 1.807) is 6.07 Å². The molecule has 0 spiro atoms. The van der Waals surface area contributed by atoms with Crippen molar-refractivity contribution in [2.24, 2.45) is 5.84 Å². The van der Waals surface area contributed by atoms with Crippen LogP contribution in [-0.4, -0.2) is 0 Å². The molecule has 0 saturated carbocycles. The van der Waals surface area contributed by atoms with Gasteiger partial charge in [0.05, 0.1) is 10.5 Å². The van der Waals surface area contributed by atoms with Crippen LogP contribution in [0.3, 0.4) is 0 Å². The second kappa shape index (κ2) is 6.80. The number of nitrogens with one attached hydrogen (secondary N) is 1. The summed E-state index contributed by atoms with van der Waals surface area (Å²) in [5.41, 5.74) is 5.90. The number of halogens is 3. The molecule has 1 unspecified atom stereocenters. The Morgan fingerprint density at radius 1 is 1.25 bits per heavy atom. The Balaban J connectivity index is 2.31. The summed E-state index contributed by atoms with van der Waals surface area (Å²) in [6, 6.07) is 11.1. The molecule has 2 aromatic carbocycles. The van der Waals surface area contributed by atoms with Crippen LogP contribution in [0.5, 0.6) is 0 Å². The van der Waals surface area contributed by atoms with Gasteiger partial charge in [-0.25, -0.2) is 4.39 Å². The van der Waals surface area contributed by atoms with Crippen molar-refractivity contribution in [1.82, 2.24) is 5.43 Å². The number of hydrazine groups is 1. The van der Waals surface area contributed by atoms with Gasteiger partial charge in [-0.2, -0.15) is 0 Å². The van der Waals surface area contributed by atoms with Crippen molar-refractivity contribution in [1.29, 1.82) is 0 Å². The van der Waals surface area contributed by atoms with E-state index in [4.69, 9.17) is 5.84 Å². The predicted molar refractivity (Wildman–Crippen MR) is 86.7 cm³/mol. The maximum atomic E-state index is 13.6. The average Bonchev–Trinajstić information content (AvgIpc) is 2.39. The molecule has 0 aliphatic rings. The molecule has 0 fully saturated rings. The third-order valence-corrected chi connectivity index (χ3v) is 4.47. The lowest BCUT2D eigenvalue weighted by molar-refractivity contribution is 0.546. The van der Waals surface area contributed by atoms with Crippen LogP contribution in [0.15, 0.2) is 45.3 Å².